The summed E-state index contributed by atoms with van der Waals surface area (Å²) in [7, 11) is 0. The Balaban J connectivity index is 2.19. The first-order valence-corrected chi connectivity index (χ1v) is 6.26. The van der Waals surface area contributed by atoms with Crippen LogP contribution in [0.2, 0.25) is 0 Å². The molecule has 1 aliphatic heterocycles. The highest BCUT2D eigenvalue weighted by Gasteiger charge is 2.22. The van der Waals surface area contributed by atoms with Crippen LogP contribution in [0.15, 0.2) is 5.16 Å². The molecule has 17 heavy (non-hydrogen) atoms. The van der Waals surface area contributed by atoms with Gasteiger partial charge in [-0.1, -0.05) is 5.16 Å². The van der Waals surface area contributed by atoms with E-state index in [9.17, 15) is 0 Å². The first-order valence-electron chi connectivity index (χ1n) is 6.26. The maximum Gasteiger partial charge on any atom is 0.142 e. The predicted molar refractivity (Wildman–Crippen MR) is 68.3 cm³/mol. The standard InChI is InChI=1S/C12H25N3O2/c1-12(2,3)17-9-8-15-6-4-10(5-7-15)11(13)14-16/h10,16H,4-9H2,1-3H3,(H2,13,14). The Morgan fingerprint density at radius 2 is 2.00 bits per heavy atom. The number of piperidine rings is 1. The Labute approximate surface area is 104 Å². The summed E-state index contributed by atoms with van der Waals surface area (Å²) >= 11 is 0. The molecule has 0 atom stereocenters. The maximum absolute atomic E-state index is 8.61. The van der Waals surface area contributed by atoms with Crippen LogP contribution in [0.4, 0.5) is 0 Å². The molecule has 1 aliphatic rings. The maximum atomic E-state index is 8.61. The average molecular weight is 243 g/mol. The summed E-state index contributed by atoms with van der Waals surface area (Å²) in [5.74, 6) is 0.607. The van der Waals surface area contributed by atoms with E-state index in [1.807, 2.05) is 0 Å². The molecule has 1 saturated heterocycles. The van der Waals surface area contributed by atoms with Gasteiger partial charge >= 0.3 is 0 Å². The summed E-state index contributed by atoms with van der Waals surface area (Å²) in [5, 5.41) is 11.7. The number of nitrogens with two attached hydrogens (primary N) is 1. The second-order valence-electron chi connectivity index (χ2n) is 5.60. The normalized spacial score (nSPS) is 20.8. The van der Waals surface area contributed by atoms with Gasteiger partial charge in [-0.05, 0) is 46.7 Å². The summed E-state index contributed by atoms with van der Waals surface area (Å²) in [5.41, 5.74) is 5.54. The highest BCUT2D eigenvalue weighted by atomic mass is 16.5. The Hall–Kier alpha value is -0.810. The van der Waals surface area contributed by atoms with Gasteiger partial charge in [0.25, 0.3) is 0 Å². The number of amidine groups is 1. The van der Waals surface area contributed by atoms with Crippen molar-refractivity contribution >= 4 is 5.84 Å². The van der Waals surface area contributed by atoms with E-state index in [-0.39, 0.29) is 11.5 Å². The fraction of sp³-hybridized carbons (Fsp3) is 0.917. The molecular weight excluding hydrogens is 218 g/mol. The van der Waals surface area contributed by atoms with Crippen molar-refractivity contribution in [3.8, 4) is 0 Å². The highest BCUT2D eigenvalue weighted by molar-refractivity contribution is 5.82. The van der Waals surface area contributed by atoms with Crippen molar-refractivity contribution in [1.29, 1.82) is 0 Å². The summed E-state index contributed by atoms with van der Waals surface area (Å²) in [4.78, 5) is 2.37. The van der Waals surface area contributed by atoms with Crippen LogP contribution in [-0.2, 0) is 4.74 Å². The van der Waals surface area contributed by atoms with Crippen LogP contribution in [-0.4, -0.2) is 47.8 Å². The van der Waals surface area contributed by atoms with Gasteiger partial charge < -0.3 is 20.6 Å². The SMILES string of the molecule is CC(C)(C)OCCN1CCC(C(N)=NO)CC1. The van der Waals surface area contributed by atoms with Crippen LogP contribution < -0.4 is 5.73 Å². The number of hydrogen-bond acceptors (Lipinski definition) is 4. The molecule has 0 spiro atoms. The lowest BCUT2D eigenvalue weighted by atomic mass is 9.96. The minimum Gasteiger partial charge on any atom is -0.409 e. The van der Waals surface area contributed by atoms with Gasteiger partial charge in [-0.25, -0.2) is 0 Å². The zero-order valence-electron chi connectivity index (χ0n) is 11.1. The third kappa shape index (κ3) is 5.37. The van der Waals surface area contributed by atoms with Crippen molar-refractivity contribution in [2.24, 2.45) is 16.8 Å². The largest absolute Gasteiger partial charge is 0.409 e. The average Bonchev–Trinajstić information content (AvgIpc) is 2.27. The number of rotatable bonds is 4. The molecule has 3 N–H and O–H groups in total. The van der Waals surface area contributed by atoms with Crippen molar-refractivity contribution in [2.75, 3.05) is 26.2 Å². The number of ether oxygens (including phenoxy) is 1. The Morgan fingerprint density at radius 3 is 2.47 bits per heavy atom. The van der Waals surface area contributed by atoms with E-state index in [0.29, 0.717) is 5.84 Å². The molecule has 1 fully saturated rings. The fourth-order valence-electron chi connectivity index (χ4n) is 2.01. The van der Waals surface area contributed by atoms with Crippen molar-refractivity contribution in [2.45, 2.75) is 39.2 Å². The first kappa shape index (κ1) is 14.3. The van der Waals surface area contributed by atoms with Gasteiger partial charge in [-0.3, -0.25) is 0 Å². The lowest BCUT2D eigenvalue weighted by Gasteiger charge is -2.32. The minimum absolute atomic E-state index is 0.0632. The molecule has 0 unspecified atom stereocenters. The minimum atomic E-state index is -0.0632. The van der Waals surface area contributed by atoms with Crippen molar-refractivity contribution in [3.63, 3.8) is 0 Å². The van der Waals surface area contributed by atoms with Crippen LogP contribution in [0.25, 0.3) is 0 Å². The van der Waals surface area contributed by atoms with E-state index in [4.69, 9.17) is 15.7 Å². The molecule has 5 nitrogen and oxygen atoms in total. The molecule has 100 valence electrons. The van der Waals surface area contributed by atoms with Gasteiger partial charge in [0.2, 0.25) is 0 Å². The smallest absolute Gasteiger partial charge is 0.142 e. The Morgan fingerprint density at radius 1 is 1.41 bits per heavy atom. The lowest BCUT2D eigenvalue weighted by Crippen LogP contribution is -2.40. The summed E-state index contributed by atoms with van der Waals surface area (Å²) in [6, 6.07) is 0. The zero-order chi connectivity index (χ0) is 12.9. The summed E-state index contributed by atoms with van der Waals surface area (Å²) < 4.78 is 5.70. The van der Waals surface area contributed by atoms with Crippen molar-refractivity contribution in [1.82, 2.24) is 4.90 Å². The molecular formula is C12H25N3O2. The molecule has 0 saturated carbocycles. The molecule has 0 bridgehead atoms. The van der Waals surface area contributed by atoms with E-state index in [1.54, 1.807) is 0 Å². The number of oxime groups is 1. The van der Waals surface area contributed by atoms with E-state index >= 15 is 0 Å². The van der Waals surface area contributed by atoms with Gasteiger partial charge in [-0.15, -0.1) is 0 Å². The van der Waals surface area contributed by atoms with Crippen LogP contribution in [0.3, 0.4) is 0 Å². The second kappa shape index (κ2) is 6.21. The van der Waals surface area contributed by atoms with Gasteiger partial charge in [0.1, 0.15) is 5.84 Å². The van der Waals surface area contributed by atoms with E-state index in [2.05, 4.69) is 30.8 Å². The molecule has 0 aromatic heterocycles. The Kier molecular flexibility index (Phi) is 5.21. The second-order valence-corrected chi connectivity index (χ2v) is 5.60. The first-order chi connectivity index (χ1) is 7.92. The summed E-state index contributed by atoms with van der Waals surface area (Å²) in [6.45, 7) is 9.91. The molecule has 0 aromatic rings. The Bertz CT molecular complexity index is 253. The highest BCUT2D eigenvalue weighted by Crippen LogP contribution is 2.17. The molecule has 1 heterocycles. The quantitative estimate of drug-likeness (QED) is 0.337. The van der Waals surface area contributed by atoms with E-state index in [1.165, 1.54) is 0 Å². The third-order valence-electron chi connectivity index (χ3n) is 3.06. The molecule has 0 radical (unpaired) electrons. The van der Waals surface area contributed by atoms with E-state index in [0.717, 1.165) is 39.1 Å². The number of hydrogen-bond donors (Lipinski definition) is 2. The van der Waals surface area contributed by atoms with Gasteiger partial charge in [-0.2, -0.15) is 0 Å². The number of likely N-dealkylation sites (tertiary alicyclic amines) is 1. The molecule has 1 rings (SSSR count). The van der Waals surface area contributed by atoms with Crippen molar-refractivity contribution < 1.29 is 9.94 Å². The third-order valence-corrected chi connectivity index (χ3v) is 3.06. The number of nitrogens with zero attached hydrogens (tertiary/aromatic N) is 2. The topological polar surface area (TPSA) is 71.1 Å². The van der Waals surface area contributed by atoms with Crippen LogP contribution in [0, 0.1) is 5.92 Å². The van der Waals surface area contributed by atoms with Gasteiger partial charge in [0, 0.05) is 12.5 Å². The predicted octanol–water partition coefficient (Wildman–Crippen LogP) is 1.26. The molecule has 0 amide bonds. The van der Waals surface area contributed by atoms with E-state index < -0.39 is 0 Å². The van der Waals surface area contributed by atoms with Crippen molar-refractivity contribution in [3.05, 3.63) is 0 Å². The van der Waals surface area contributed by atoms with Crippen LogP contribution >= 0.6 is 0 Å². The van der Waals surface area contributed by atoms with Crippen LogP contribution in [0.1, 0.15) is 33.6 Å². The zero-order valence-corrected chi connectivity index (χ0v) is 11.1. The van der Waals surface area contributed by atoms with Gasteiger partial charge in [0.15, 0.2) is 0 Å². The molecule has 0 aromatic carbocycles. The lowest BCUT2D eigenvalue weighted by molar-refractivity contribution is -0.0154. The van der Waals surface area contributed by atoms with Gasteiger partial charge in [0.05, 0.1) is 12.2 Å². The monoisotopic (exact) mass is 243 g/mol. The van der Waals surface area contributed by atoms with Crippen LogP contribution in [0.5, 0.6) is 0 Å². The summed E-state index contributed by atoms with van der Waals surface area (Å²) in [6.07, 6.45) is 1.93. The fourth-order valence-corrected chi connectivity index (χ4v) is 2.01. The molecule has 0 aliphatic carbocycles. The molecule has 5 heteroatoms.